The van der Waals surface area contributed by atoms with Crippen molar-refractivity contribution in [3.8, 4) is 0 Å². The van der Waals surface area contributed by atoms with E-state index in [0.717, 1.165) is 31.4 Å². The molecule has 1 saturated heterocycles. The van der Waals surface area contributed by atoms with Crippen molar-refractivity contribution in [2.75, 3.05) is 31.5 Å². The zero-order valence-corrected chi connectivity index (χ0v) is 17.6. The molecule has 0 bridgehead atoms. The number of carbonyl (C=O) groups excluding carboxylic acids is 2. The number of benzene rings is 1. The van der Waals surface area contributed by atoms with Gasteiger partial charge in [0.1, 0.15) is 11.6 Å². The minimum absolute atomic E-state index is 0.0347. The van der Waals surface area contributed by atoms with E-state index in [-0.39, 0.29) is 23.8 Å². The van der Waals surface area contributed by atoms with Gasteiger partial charge < -0.3 is 20.0 Å². The zero-order chi connectivity index (χ0) is 21.6. The topological polar surface area (TPSA) is 77.8 Å². The van der Waals surface area contributed by atoms with Crippen LogP contribution in [0.15, 0.2) is 47.1 Å². The van der Waals surface area contributed by atoms with Crippen molar-refractivity contribution in [3.05, 3.63) is 54.2 Å². The summed E-state index contributed by atoms with van der Waals surface area (Å²) in [6, 6.07) is 9.01. The number of hydrogen-bond acceptors (Lipinski definition) is 4. The molecule has 0 radical (unpaired) electrons. The number of amides is 3. The minimum atomic E-state index is -0.338. The van der Waals surface area contributed by atoms with Crippen LogP contribution in [0.1, 0.15) is 31.4 Å². The maximum absolute atomic E-state index is 13.1. The second kappa shape index (κ2) is 9.96. The molecule has 8 heteroatoms. The Morgan fingerprint density at radius 1 is 1.06 bits per heavy atom. The number of halogens is 1. The standard InChI is InChI=1S/C23H29FN4O3/c24-18-7-9-19(10-8-18)26-23(30)28-13-11-27(12-14-28)21(17-4-1-2-5-17)22(29)25-16-20-6-3-15-31-20/h3,6-10,15,17,21H,1-2,4-5,11-14,16H2,(H,25,29)(H,26,30)/t21-/m1/s1. The summed E-state index contributed by atoms with van der Waals surface area (Å²) < 4.78 is 18.4. The molecule has 2 aromatic rings. The molecule has 4 rings (SSSR count). The van der Waals surface area contributed by atoms with Gasteiger partial charge in [0, 0.05) is 31.9 Å². The SMILES string of the molecule is O=C(NCc1ccco1)[C@@H](C1CCCC1)N1CCN(C(=O)Nc2ccc(F)cc2)CC1. The quantitative estimate of drug-likeness (QED) is 0.739. The van der Waals surface area contributed by atoms with Gasteiger partial charge >= 0.3 is 6.03 Å². The Bertz CT molecular complexity index is 857. The van der Waals surface area contributed by atoms with E-state index in [1.54, 1.807) is 23.3 Å². The van der Waals surface area contributed by atoms with Gasteiger partial charge in [-0.15, -0.1) is 0 Å². The van der Waals surface area contributed by atoms with Crippen molar-refractivity contribution in [1.82, 2.24) is 15.1 Å². The van der Waals surface area contributed by atoms with Crippen LogP contribution < -0.4 is 10.6 Å². The maximum Gasteiger partial charge on any atom is 0.321 e. The van der Waals surface area contributed by atoms with Crippen molar-refractivity contribution in [1.29, 1.82) is 0 Å². The lowest BCUT2D eigenvalue weighted by Crippen LogP contribution is -2.58. The Morgan fingerprint density at radius 3 is 2.42 bits per heavy atom. The Morgan fingerprint density at radius 2 is 1.77 bits per heavy atom. The average Bonchev–Trinajstić information content (AvgIpc) is 3.49. The van der Waals surface area contributed by atoms with Crippen LogP contribution in [0.2, 0.25) is 0 Å². The first-order valence-corrected chi connectivity index (χ1v) is 11.0. The fraction of sp³-hybridized carbons (Fsp3) is 0.478. The number of piperazine rings is 1. The highest BCUT2D eigenvalue weighted by Gasteiger charge is 2.37. The van der Waals surface area contributed by atoms with Crippen LogP contribution in [-0.2, 0) is 11.3 Å². The van der Waals surface area contributed by atoms with E-state index in [9.17, 15) is 14.0 Å². The molecule has 1 atom stereocenters. The van der Waals surface area contributed by atoms with Crippen LogP contribution in [0, 0.1) is 11.7 Å². The number of hydrogen-bond donors (Lipinski definition) is 2. The van der Waals surface area contributed by atoms with Gasteiger partial charge in [-0.2, -0.15) is 0 Å². The fourth-order valence-corrected chi connectivity index (χ4v) is 4.58. The molecule has 0 unspecified atom stereocenters. The maximum atomic E-state index is 13.1. The van der Waals surface area contributed by atoms with Gasteiger partial charge in [0.15, 0.2) is 0 Å². The lowest BCUT2D eigenvalue weighted by molar-refractivity contribution is -0.129. The summed E-state index contributed by atoms with van der Waals surface area (Å²) in [7, 11) is 0. The summed E-state index contributed by atoms with van der Waals surface area (Å²) in [6.45, 7) is 2.76. The van der Waals surface area contributed by atoms with E-state index in [4.69, 9.17) is 4.42 Å². The predicted octanol–water partition coefficient (Wildman–Crippen LogP) is 3.44. The third-order valence-electron chi connectivity index (χ3n) is 6.22. The summed E-state index contributed by atoms with van der Waals surface area (Å²) in [5.74, 6) is 0.777. The smallest absolute Gasteiger partial charge is 0.321 e. The monoisotopic (exact) mass is 428 g/mol. The van der Waals surface area contributed by atoms with E-state index in [0.29, 0.717) is 44.3 Å². The van der Waals surface area contributed by atoms with E-state index >= 15 is 0 Å². The molecular weight excluding hydrogens is 399 g/mol. The third kappa shape index (κ3) is 5.44. The molecule has 166 valence electrons. The molecule has 1 aliphatic carbocycles. The van der Waals surface area contributed by atoms with Gasteiger partial charge in [-0.3, -0.25) is 9.69 Å². The van der Waals surface area contributed by atoms with Crippen molar-refractivity contribution < 1.29 is 18.4 Å². The molecule has 0 spiro atoms. The molecule has 7 nitrogen and oxygen atoms in total. The van der Waals surface area contributed by atoms with Gasteiger partial charge in [-0.25, -0.2) is 9.18 Å². The number of furan rings is 1. The van der Waals surface area contributed by atoms with E-state index in [1.807, 2.05) is 12.1 Å². The van der Waals surface area contributed by atoms with Gasteiger partial charge in [0.05, 0.1) is 18.8 Å². The molecule has 1 aromatic heterocycles. The van der Waals surface area contributed by atoms with Crippen molar-refractivity contribution in [2.24, 2.45) is 5.92 Å². The van der Waals surface area contributed by atoms with Crippen LogP contribution in [-0.4, -0.2) is 54.0 Å². The van der Waals surface area contributed by atoms with E-state index in [2.05, 4.69) is 15.5 Å². The Hall–Kier alpha value is -2.87. The first-order valence-electron chi connectivity index (χ1n) is 11.0. The van der Waals surface area contributed by atoms with Crippen LogP contribution in [0.3, 0.4) is 0 Å². The molecule has 1 saturated carbocycles. The summed E-state index contributed by atoms with van der Waals surface area (Å²) in [6.07, 6.45) is 6.04. The molecule has 2 fully saturated rings. The normalized spacial score (nSPS) is 18.7. The van der Waals surface area contributed by atoms with Crippen LogP contribution >= 0.6 is 0 Å². The van der Waals surface area contributed by atoms with E-state index < -0.39 is 0 Å². The Kier molecular flexibility index (Phi) is 6.86. The number of rotatable bonds is 6. The lowest BCUT2D eigenvalue weighted by Gasteiger charge is -2.40. The highest BCUT2D eigenvalue weighted by molar-refractivity contribution is 5.89. The predicted molar refractivity (Wildman–Crippen MR) is 115 cm³/mol. The first-order chi connectivity index (χ1) is 15.1. The number of nitrogens with one attached hydrogen (secondary N) is 2. The molecule has 3 amide bonds. The largest absolute Gasteiger partial charge is 0.467 e. The van der Waals surface area contributed by atoms with Crippen LogP contribution in [0.5, 0.6) is 0 Å². The van der Waals surface area contributed by atoms with Gasteiger partial charge in [-0.05, 0) is 55.2 Å². The zero-order valence-electron chi connectivity index (χ0n) is 17.6. The number of carbonyl (C=O) groups is 2. The molecule has 31 heavy (non-hydrogen) atoms. The van der Waals surface area contributed by atoms with Crippen molar-refractivity contribution in [3.63, 3.8) is 0 Å². The summed E-state index contributed by atoms with van der Waals surface area (Å²) in [4.78, 5) is 29.6. The first kappa shape index (κ1) is 21.4. The van der Waals surface area contributed by atoms with Crippen LogP contribution in [0.4, 0.5) is 14.9 Å². The summed E-state index contributed by atoms with van der Waals surface area (Å²) in [5, 5.41) is 5.84. The summed E-state index contributed by atoms with van der Waals surface area (Å²) in [5.41, 5.74) is 0.565. The molecule has 2 aliphatic rings. The molecule has 1 aliphatic heterocycles. The number of anilines is 1. The van der Waals surface area contributed by atoms with Crippen LogP contribution in [0.25, 0.3) is 0 Å². The molecule has 2 heterocycles. The Labute approximate surface area is 181 Å². The number of urea groups is 1. The highest BCUT2D eigenvalue weighted by atomic mass is 19.1. The molecule has 2 N–H and O–H groups in total. The second-order valence-corrected chi connectivity index (χ2v) is 8.25. The average molecular weight is 429 g/mol. The van der Waals surface area contributed by atoms with Crippen molar-refractivity contribution in [2.45, 2.75) is 38.3 Å². The number of nitrogens with zero attached hydrogens (tertiary/aromatic N) is 2. The van der Waals surface area contributed by atoms with Crippen molar-refractivity contribution >= 4 is 17.6 Å². The van der Waals surface area contributed by atoms with Gasteiger partial charge in [-0.1, -0.05) is 12.8 Å². The fourth-order valence-electron chi connectivity index (χ4n) is 4.58. The third-order valence-corrected chi connectivity index (χ3v) is 6.22. The summed E-state index contributed by atoms with van der Waals surface area (Å²) >= 11 is 0. The molecule has 1 aromatic carbocycles. The minimum Gasteiger partial charge on any atom is -0.467 e. The van der Waals surface area contributed by atoms with Gasteiger partial charge in [0.25, 0.3) is 0 Å². The lowest BCUT2D eigenvalue weighted by atomic mass is 9.95. The van der Waals surface area contributed by atoms with Gasteiger partial charge in [0.2, 0.25) is 5.91 Å². The van der Waals surface area contributed by atoms with E-state index in [1.165, 1.54) is 12.1 Å². The highest BCUT2D eigenvalue weighted by Crippen LogP contribution is 2.31. The second-order valence-electron chi connectivity index (χ2n) is 8.25. The molecular formula is C23H29FN4O3. The Balaban J connectivity index is 1.33.